The van der Waals surface area contributed by atoms with Crippen LogP contribution in [-0.2, 0) is 4.79 Å². The Balaban J connectivity index is 1.74. The van der Waals surface area contributed by atoms with Gasteiger partial charge in [-0.05, 0) is 37.1 Å². The molecule has 0 aliphatic heterocycles. The van der Waals surface area contributed by atoms with Crippen LogP contribution < -0.4 is 5.32 Å². The van der Waals surface area contributed by atoms with E-state index in [1.54, 1.807) is 6.08 Å². The van der Waals surface area contributed by atoms with Gasteiger partial charge in [-0.15, -0.1) is 0 Å². The Kier molecular flexibility index (Phi) is 5.42. The summed E-state index contributed by atoms with van der Waals surface area (Å²) in [6, 6.07) is 9.96. The standard InChI is InChI=1S/C17H21NO/c19-17(15-9-3-1-4-10-15)13-7-8-14-18-16-11-5-2-6-12-16/h2,5-8,11-15,18H,1,3-4,9-10H2. The van der Waals surface area contributed by atoms with E-state index in [0.717, 1.165) is 18.5 Å². The number of nitrogens with one attached hydrogen (secondary N) is 1. The van der Waals surface area contributed by atoms with Crippen molar-refractivity contribution < 1.29 is 4.79 Å². The van der Waals surface area contributed by atoms with Crippen LogP contribution in [-0.4, -0.2) is 5.78 Å². The lowest BCUT2D eigenvalue weighted by atomic mass is 9.86. The smallest absolute Gasteiger partial charge is 0.158 e. The summed E-state index contributed by atoms with van der Waals surface area (Å²) in [6.07, 6.45) is 13.1. The fourth-order valence-electron chi connectivity index (χ4n) is 2.41. The minimum atomic E-state index is 0.264. The molecule has 1 aromatic carbocycles. The molecule has 0 unspecified atom stereocenters. The highest BCUT2D eigenvalue weighted by atomic mass is 16.1. The van der Waals surface area contributed by atoms with Crippen molar-refractivity contribution in [2.75, 3.05) is 5.32 Å². The van der Waals surface area contributed by atoms with Crippen LogP contribution in [0, 0.1) is 5.92 Å². The molecule has 0 bridgehead atoms. The van der Waals surface area contributed by atoms with Gasteiger partial charge < -0.3 is 5.32 Å². The zero-order chi connectivity index (χ0) is 13.3. The molecular formula is C17H21NO. The van der Waals surface area contributed by atoms with E-state index < -0.39 is 0 Å². The van der Waals surface area contributed by atoms with E-state index in [2.05, 4.69) is 5.32 Å². The number of carbonyl (C=O) groups is 1. The molecule has 0 radical (unpaired) electrons. The molecule has 1 aromatic rings. The van der Waals surface area contributed by atoms with Crippen molar-refractivity contribution in [1.82, 2.24) is 0 Å². The molecule has 2 heteroatoms. The molecule has 100 valence electrons. The first-order valence-corrected chi connectivity index (χ1v) is 7.05. The summed E-state index contributed by atoms with van der Waals surface area (Å²) in [7, 11) is 0. The predicted molar refractivity (Wildman–Crippen MR) is 79.9 cm³/mol. The number of allylic oxidation sites excluding steroid dienone is 3. The lowest BCUT2D eigenvalue weighted by molar-refractivity contribution is -0.119. The quantitative estimate of drug-likeness (QED) is 0.627. The molecule has 0 spiro atoms. The van der Waals surface area contributed by atoms with Gasteiger partial charge in [0.2, 0.25) is 0 Å². The van der Waals surface area contributed by atoms with Gasteiger partial charge in [0.15, 0.2) is 5.78 Å². The zero-order valence-corrected chi connectivity index (χ0v) is 11.2. The second kappa shape index (κ2) is 7.57. The fraction of sp³-hybridized carbons (Fsp3) is 0.353. The first-order valence-electron chi connectivity index (χ1n) is 7.05. The highest BCUT2D eigenvalue weighted by molar-refractivity contribution is 5.91. The molecular weight excluding hydrogens is 234 g/mol. The van der Waals surface area contributed by atoms with E-state index in [9.17, 15) is 4.79 Å². The van der Waals surface area contributed by atoms with Crippen LogP contribution in [0.25, 0.3) is 0 Å². The number of benzene rings is 1. The van der Waals surface area contributed by atoms with Crippen LogP contribution >= 0.6 is 0 Å². The Morgan fingerprint density at radius 1 is 1.05 bits per heavy atom. The van der Waals surface area contributed by atoms with Crippen LogP contribution in [0.3, 0.4) is 0 Å². The van der Waals surface area contributed by atoms with Crippen molar-refractivity contribution in [2.24, 2.45) is 5.92 Å². The number of hydrogen-bond acceptors (Lipinski definition) is 2. The molecule has 0 saturated heterocycles. The monoisotopic (exact) mass is 255 g/mol. The summed E-state index contributed by atoms with van der Waals surface area (Å²) in [6.45, 7) is 0. The second-order valence-electron chi connectivity index (χ2n) is 4.97. The predicted octanol–water partition coefficient (Wildman–Crippen LogP) is 4.32. The molecule has 2 rings (SSSR count). The van der Waals surface area contributed by atoms with Crippen molar-refractivity contribution >= 4 is 11.5 Å². The fourth-order valence-corrected chi connectivity index (χ4v) is 2.41. The van der Waals surface area contributed by atoms with Crippen LogP contribution in [0.15, 0.2) is 54.8 Å². The van der Waals surface area contributed by atoms with Gasteiger partial charge in [-0.25, -0.2) is 0 Å². The van der Waals surface area contributed by atoms with Gasteiger partial charge >= 0.3 is 0 Å². The third-order valence-electron chi connectivity index (χ3n) is 3.50. The highest BCUT2D eigenvalue weighted by Crippen LogP contribution is 2.24. The summed E-state index contributed by atoms with van der Waals surface area (Å²) in [5, 5.41) is 3.15. The first kappa shape index (κ1) is 13.6. The molecule has 2 nitrogen and oxygen atoms in total. The van der Waals surface area contributed by atoms with Crippen molar-refractivity contribution in [2.45, 2.75) is 32.1 Å². The summed E-state index contributed by atoms with van der Waals surface area (Å²) < 4.78 is 0. The summed E-state index contributed by atoms with van der Waals surface area (Å²) in [5.41, 5.74) is 1.05. The molecule has 0 aromatic heterocycles. The van der Waals surface area contributed by atoms with Crippen molar-refractivity contribution in [3.05, 3.63) is 54.8 Å². The minimum Gasteiger partial charge on any atom is -0.362 e. The average Bonchev–Trinajstić information content (AvgIpc) is 2.49. The maximum atomic E-state index is 11.9. The largest absolute Gasteiger partial charge is 0.362 e. The van der Waals surface area contributed by atoms with Crippen LogP contribution in [0.5, 0.6) is 0 Å². The third-order valence-corrected chi connectivity index (χ3v) is 3.50. The van der Waals surface area contributed by atoms with Gasteiger partial charge in [-0.1, -0.05) is 43.5 Å². The maximum Gasteiger partial charge on any atom is 0.158 e. The number of anilines is 1. The summed E-state index contributed by atoms with van der Waals surface area (Å²) in [4.78, 5) is 11.9. The summed E-state index contributed by atoms with van der Waals surface area (Å²) in [5.74, 6) is 0.546. The second-order valence-corrected chi connectivity index (χ2v) is 4.97. The molecule has 1 aliphatic rings. The lowest BCUT2D eigenvalue weighted by Crippen LogP contribution is -2.15. The SMILES string of the molecule is O=C(C=CC=CNc1ccccc1)C1CCCCC1. The molecule has 0 atom stereocenters. The Morgan fingerprint density at radius 3 is 2.53 bits per heavy atom. The molecule has 1 saturated carbocycles. The zero-order valence-electron chi connectivity index (χ0n) is 11.2. The highest BCUT2D eigenvalue weighted by Gasteiger charge is 2.18. The molecule has 19 heavy (non-hydrogen) atoms. The van der Waals surface area contributed by atoms with E-state index in [0.29, 0.717) is 0 Å². The number of para-hydroxylation sites is 1. The molecule has 1 N–H and O–H groups in total. The van der Waals surface area contributed by atoms with E-state index >= 15 is 0 Å². The van der Waals surface area contributed by atoms with Gasteiger partial charge in [0, 0.05) is 17.8 Å². The van der Waals surface area contributed by atoms with E-state index in [1.165, 1.54) is 19.3 Å². The van der Waals surface area contributed by atoms with Gasteiger partial charge in [-0.3, -0.25) is 4.79 Å². The Hall–Kier alpha value is -1.83. The number of carbonyl (C=O) groups excluding carboxylic acids is 1. The van der Waals surface area contributed by atoms with Gasteiger partial charge in [-0.2, -0.15) is 0 Å². The van der Waals surface area contributed by atoms with Crippen molar-refractivity contribution in [3.63, 3.8) is 0 Å². The Labute approximate surface area is 115 Å². The Morgan fingerprint density at radius 2 is 1.79 bits per heavy atom. The summed E-state index contributed by atoms with van der Waals surface area (Å²) >= 11 is 0. The molecule has 1 fully saturated rings. The third kappa shape index (κ3) is 4.74. The lowest BCUT2D eigenvalue weighted by Gasteiger charge is -2.18. The molecule has 0 amide bonds. The van der Waals surface area contributed by atoms with Crippen molar-refractivity contribution in [1.29, 1.82) is 0 Å². The minimum absolute atomic E-state index is 0.264. The number of rotatable bonds is 5. The first-order chi connectivity index (χ1) is 9.36. The van der Waals surface area contributed by atoms with Crippen molar-refractivity contribution in [3.8, 4) is 0 Å². The van der Waals surface area contributed by atoms with Crippen LogP contribution in [0.4, 0.5) is 5.69 Å². The van der Waals surface area contributed by atoms with Gasteiger partial charge in [0.25, 0.3) is 0 Å². The maximum absolute atomic E-state index is 11.9. The molecule has 1 aliphatic carbocycles. The van der Waals surface area contributed by atoms with E-state index in [1.807, 2.05) is 48.7 Å². The Bertz CT molecular complexity index is 442. The van der Waals surface area contributed by atoms with E-state index in [-0.39, 0.29) is 11.7 Å². The van der Waals surface area contributed by atoms with E-state index in [4.69, 9.17) is 0 Å². The number of hydrogen-bond donors (Lipinski definition) is 1. The number of ketones is 1. The average molecular weight is 255 g/mol. The molecule has 0 heterocycles. The van der Waals surface area contributed by atoms with Crippen LogP contribution in [0.1, 0.15) is 32.1 Å². The van der Waals surface area contributed by atoms with Gasteiger partial charge in [0.1, 0.15) is 0 Å². The normalized spacial score (nSPS) is 17.1. The van der Waals surface area contributed by atoms with Gasteiger partial charge in [0.05, 0.1) is 0 Å². The van der Waals surface area contributed by atoms with Crippen LogP contribution in [0.2, 0.25) is 0 Å². The topological polar surface area (TPSA) is 29.1 Å².